The second kappa shape index (κ2) is 9.02. The van der Waals surface area contributed by atoms with Crippen molar-refractivity contribution in [2.45, 2.75) is 13.5 Å². The lowest BCUT2D eigenvalue weighted by atomic mass is 10.1. The van der Waals surface area contributed by atoms with Crippen LogP contribution in [-0.2, 0) is 13.6 Å². The molecule has 0 spiro atoms. The summed E-state index contributed by atoms with van der Waals surface area (Å²) in [6.45, 7) is 2.29. The van der Waals surface area contributed by atoms with E-state index in [0.717, 1.165) is 22.4 Å². The Bertz CT molecular complexity index is 1220. The Morgan fingerprint density at radius 1 is 1.16 bits per heavy atom. The summed E-state index contributed by atoms with van der Waals surface area (Å²) in [4.78, 5) is 17.1. The largest absolute Gasteiger partial charge is 0.457 e. The highest BCUT2D eigenvalue weighted by molar-refractivity contribution is 6.30. The van der Waals surface area contributed by atoms with Crippen LogP contribution in [0.1, 0.15) is 21.5 Å². The van der Waals surface area contributed by atoms with E-state index in [2.05, 4.69) is 15.4 Å². The fourth-order valence-electron chi connectivity index (χ4n) is 3.16. The highest BCUT2D eigenvalue weighted by Gasteiger charge is 2.13. The van der Waals surface area contributed by atoms with E-state index < -0.39 is 0 Å². The molecule has 31 heavy (non-hydrogen) atoms. The molecule has 0 aliphatic heterocycles. The number of halogens is 1. The van der Waals surface area contributed by atoms with Gasteiger partial charge in [0.25, 0.3) is 5.91 Å². The van der Waals surface area contributed by atoms with Crippen molar-refractivity contribution < 1.29 is 9.53 Å². The number of ether oxygens (including phenoxy) is 1. The van der Waals surface area contributed by atoms with Crippen molar-refractivity contribution in [2.75, 3.05) is 0 Å². The standard InChI is InChI=1S/C24H21ClN4O2/c1-16-21(24(30)27-13-17-6-8-19(25)9-7-17)4-3-5-23(16)31-20-10-11-26-22(12-20)18-14-28-29(2)15-18/h3-12,14-15H,13H2,1-2H3,(H,27,30). The van der Waals surface area contributed by atoms with Crippen molar-refractivity contribution >= 4 is 17.5 Å². The number of aryl methyl sites for hydroxylation is 1. The van der Waals surface area contributed by atoms with Gasteiger partial charge < -0.3 is 10.1 Å². The summed E-state index contributed by atoms with van der Waals surface area (Å²) < 4.78 is 7.81. The normalized spacial score (nSPS) is 10.7. The maximum atomic E-state index is 12.7. The van der Waals surface area contributed by atoms with E-state index in [-0.39, 0.29) is 5.91 Å². The maximum absolute atomic E-state index is 12.7. The first-order valence-electron chi connectivity index (χ1n) is 9.75. The fraction of sp³-hybridized carbons (Fsp3) is 0.125. The molecule has 7 heteroatoms. The van der Waals surface area contributed by atoms with Crippen molar-refractivity contribution in [1.29, 1.82) is 0 Å². The summed E-state index contributed by atoms with van der Waals surface area (Å²) >= 11 is 5.91. The molecule has 2 aromatic heterocycles. The molecule has 0 bridgehead atoms. The predicted molar refractivity (Wildman–Crippen MR) is 120 cm³/mol. The molecule has 0 aliphatic carbocycles. The molecule has 1 amide bonds. The first kappa shape index (κ1) is 20.6. The summed E-state index contributed by atoms with van der Waals surface area (Å²) in [5.41, 5.74) is 3.96. The van der Waals surface area contributed by atoms with Gasteiger partial charge in [-0.05, 0) is 42.8 Å². The van der Waals surface area contributed by atoms with Crippen molar-refractivity contribution in [2.24, 2.45) is 7.05 Å². The lowest BCUT2D eigenvalue weighted by Gasteiger charge is -2.13. The average molecular weight is 433 g/mol. The van der Waals surface area contributed by atoms with Crippen LogP contribution in [0, 0.1) is 6.92 Å². The zero-order chi connectivity index (χ0) is 21.8. The minimum atomic E-state index is -0.163. The van der Waals surface area contributed by atoms with Gasteiger partial charge in [0, 0.05) is 53.8 Å². The molecular formula is C24H21ClN4O2. The van der Waals surface area contributed by atoms with Crippen molar-refractivity contribution in [1.82, 2.24) is 20.1 Å². The number of pyridine rings is 1. The molecular weight excluding hydrogens is 412 g/mol. The average Bonchev–Trinajstić information content (AvgIpc) is 3.21. The zero-order valence-corrected chi connectivity index (χ0v) is 17.9. The van der Waals surface area contributed by atoms with Crippen LogP contribution in [0.2, 0.25) is 5.02 Å². The summed E-state index contributed by atoms with van der Waals surface area (Å²) in [6.07, 6.45) is 5.34. The molecule has 2 heterocycles. The van der Waals surface area contributed by atoms with Crippen LogP contribution >= 0.6 is 11.6 Å². The highest BCUT2D eigenvalue weighted by Crippen LogP contribution is 2.29. The van der Waals surface area contributed by atoms with Crippen LogP contribution in [-0.4, -0.2) is 20.7 Å². The monoisotopic (exact) mass is 432 g/mol. The lowest BCUT2D eigenvalue weighted by molar-refractivity contribution is 0.0950. The number of nitrogens with zero attached hydrogens (tertiary/aromatic N) is 3. The number of rotatable bonds is 6. The van der Waals surface area contributed by atoms with Gasteiger partial charge in [0.05, 0.1) is 11.9 Å². The Balaban J connectivity index is 1.50. The molecule has 0 atom stereocenters. The van der Waals surface area contributed by atoms with Crippen LogP contribution in [0.3, 0.4) is 0 Å². The topological polar surface area (TPSA) is 69.0 Å². The van der Waals surface area contributed by atoms with E-state index in [4.69, 9.17) is 16.3 Å². The van der Waals surface area contributed by atoms with Crippen molar-refractivity contribution in [3.8, 4) is 22.8 Å². The van der Waals surface area contributed by atoms with Crippen LogP contribution < -0.4 is 10.1 Å². The maximum Gasteiger partial charge on any atom is 0.251 e. The molecule has 0 saturated heterocycles. The molecule has 156 valence electrons. The van der Waals surface area contributed by atoms with Gasteiger partial charge in [-0.15, -0.1) is 0 Å². The van der Waals surface area contributed by atoms with E-state index in [1.54, 1.807) is 41.3 Å². The zero-order valence-electron chi connectivity index (χ0n) is 17.2. The SMILES string of the molecule is Cc1c(Oc2ccnc(-c3cnn(C)c3)c2)cccc1C(=O)NCc1ccc(Cl)cc1. The summed E-state index contributed by atoms with van der Waals surface area (Å²) in [5, 5.41) is 7.79. The Morgan fingerprint density at radius 3 is 2.71 bits per heavy atom. The highest BCUT2D eigenvalue weighted by atomic mass is 35.5. The van der Waals surface area contributed by atoms with Gasteiger partial charge in [-0.2, -0.15) is 5.10 Å². The van der Waals surface area contributed by atoms with Crippen LogP contribution in [0.25, 0.3) is 11.3 Å². The van der Waals surface area contributed by atoms with Gasteiger partial charge >= 0.3 is 0 Å². The summed E-state index contributed by atoms with van der Waals surface area (Å²) in [6, 6.07) is 16.5. The number of carbonyl (C=O) groups excluding carboxylic acids is 1. The molecule has 0 radical (unpaired) electrons. The fourth-order valence-corrected chi connectivity index (χ4v) is 3.29. The van der Waals surface area contributed by atoms with Crippen molar-refractivity contribution in [3.63, 3.8) is 0 Å². The Hall–Kier alpha value is -3.64. The molecule has 6 nitrogen and oxygen atoms in total. The van der Waals surface area contributed by atoms with Crippen LogP contribution in [0.4, 0.5) is 0 Å². The van der Waals surface area contributed by atoms with Gasteiger partial charge in [-0.3, -0.25) is 14.5 Å². The van der Waals surface area contributed by atoms with Gasteiger partial charge in [-0.1, -0.05) is 29.8 Å². The summed E-state index contributed by atoms with van der Waals surface area (Å²) in [5.74, 6) is 1.09. The molecule has 4 rings (SSSR count). The van der Waals surface area contributed by atoms with Gasteiger partial charge in [0.15, 0.2) is 0 Å². The number of amides is 1. The van der Waals surface area contributed by atoms with E-state index in [9.17, 15) is 4.79 Å². The number of hydrogen-bond donors (Lipinski definition) is 1. The lowest BCUT2D eigenvalue weighted by Crippen LogP contribution is -2.23. The Labute approximate surface area is 185 Å². The minimum Gasteiger partial charge on any atom is -0.457 e. The molecule has 0 fully saturated rings. The second-order valence-electron chi connectivity index (χ2n) is 7.12. The first-order valence-corrected chi connectivity index (χ1v) is 10.1. The third-order valence-electron chi connectivity index (χ3n) is 4.85. The van der Waals surface area contributed by atoms with Gasteiger partial charge in [0.2, 0.25) is 0 Å². The Kier molecular flexibility index (Phi) is 6.00. The van der Waals surface area contributed by atoms with E-state index in [1.165, 1.54) is 0 Å². The second-order valence-corrected chi connectivity index (χ2v) is 7.56. The van der Waals surface area contributed by atoms with Crippen LogP contribution in [0.15, 0.2) is 73.2 Å². The number of benzene rings is 2. The summed E-state index contributed by atoms with van der Waals surface area (Å²) in [7, 11) is 1.86. The molecule has 1 N–H and O–H groups in total. The number of nitrogens with one attached hydrogen (secondary N) is 1. The van der Waals surface area contributed by atoms with Crippen molar-refractivity contribution in [3.05, 3.63) is 94.9 Å². The molecule has 0 saturated carbocycles. The van der Waals surface area contributed by atoms with E-state index >= 15 is 0 Å². The van der Waals surface area contributed by atoms with Gasteiger partial charge in [0.1, 0.15) is 11.5 Å². The Morgan fingerprint density at radius 2 is 1.97 bits per heavy atom. The van der Waals surface area contributed by atoms with E-state index in [0.29, 0.717) is 28.6 Å². The quantitative estimate of drug-likeness (QED) is 0.456. The third kappa shape index (κ3) is 4.92. The first-order chi connectivity index (χ1) is 15.0. The van der Waals surface area contributed by atoms with Gasteiger partial charge in [-0.25, -0.2) is 0 Å². The van der Waals surface area contributed by atoms with E-state index in [1.807, 2.05) is 50.5 Å². The molecule has 0 aliphatic rings. The smallest absolute Gasteiger partial charge is 0.251 e. The number of carbonyl (C=O) groups is 1. The number of aromatic nitrogens is 3. The number of hydrogen-bond acceptors (Lipinski definition) is 4. The third-order valence-corrected chi connectivity index (χ3v) is 5.11. The molecule has 2 aromatic carbocycles. The van der Waals surface area contributed by atoms with Crippen LogP contribution in [0.5, 0.6) is 11.5 Å². The minimum absolute atomic E-state index is 0.163. The predicted octanol–water partition coefficient (Wildman–Crippen LogP) is 5.17. The molecule has 4 aromatic rings. The molecule has 0 unspecified atom stereocenters.